The first-order valence-corrected chi connectivity index (χ1v) is 9.95. The summed E-state index contributed by atoms with van der Waals surface area (Å²) in [4.78, 5) is 2.97. The third-order valence-electron chi connectivity index (χ3n) is 3.52. The van der Waals surface area contributed by atoms with E-state index in [1.54, 1.807) is 12.1 Å². The molecule has 5 nitrogen and oxygen atoms in total. The third-order valence-corrected chi connectivity index (χ3v) is 5.18. The Morgan fingerprint density at radius 3 is 2.22 bits per heavy atom. The smallest absolute Gasteiger partial charge is 0.224 e. The normalized spacial score (nSPS) is 12.4. The van der Waals surface area contributed by atoms with Crippen LogP contribution in [0.2, 0.25) is 0 Å². The van der Waals surface area contributed by atoms with Gasteiger partial charge in [0.1, 0.15) is 10.7 Å². The van der Waals surface area contributed by atoms with Crippen molar-refractivity contribution < 1.29 is 26.0 Å². The first-order chi connectivity index (χ1) is 12.5. The molecular formula is C16H10BrF4N3O2S. The lowest BCUT2D eigenvalue weighted by molar-refractivity contribution is -0.144. The maximum absolute atomic E-state index is 14.2. The lowest BCUT2D eigenvalue weighted by Gasteiger charge is -2.08. The van der Waals surface area contributed by atoms with Crippen LogP contribution in [0.1, 0.15) is 5.82 Å². The molecule has 1 aromatic heterocycles. The monoisotopic (exact) mass is 463 g/mol. The predicted octanol–water partition coefficient (Wildman–Crippen LogP) is 4.26. The van der Waals surface area contributed by atoms with Gasteiger partial charge in [0.05, 0.1) is 5.69 Å². The van der Waals surface area contributed by atoms with E-state index in [9.17, 15) is 26.0 Å². The van der Waals surface area contributed by atoms with E-state index in [0.717, 1.165) is 29.1 Å². The van der Waals surface area contributed by atoms with Crippen LogP contribution in [0.4, 0.5) is 17.6 Å². The van der Waals surface area contributed by atoms with E-state index in [1.165, 1.54) is 12.1 Å². The van der Waals surface area contributed by atoms with Gasteiger partial charge in [-0.05, 0) is 24.3 Å². The molecule has 11 heteroatoms. The van der Waals surface area contributed by atoms with Gasteiger partial charge in [-0.15, -0.1) is 5.10 Å². The van der Waals surface area contributed by atoms with Crippen LogP contribution in [0, 0.1) is 5.82 Å². The van der Waals surface area contributed by atoms with Crippen molar-refractivity contribution in [3.05, 3.63) is 58.6 Å². The minimum atomic E-state index is -4.80. The van der Waals surface area contributed by atoms with Gasteiger partial charge in [-0.3, -0.25) is 0 Å². The molecule has 0 spiro atoms. The molecule has 1 heterocycles. The van der Waals surface area contributed by atoms with Crippen LogP contribution in [-0.2, 0) is 16.0 Å². The lowest BCUT2D eigenvalue weighted by atomic mass is 10.2. The van der Waals surface area contributed by atoms with Gasteiger partial charge in [0.2, 0.25) is 0 Å². The maximum atomic E-state index is 14.2. The second-order valence-electron chi connectivity index (χ2n) is 5.56. The van der Waals surface area contributed by atoms with Crippen molar-refractivity contribution in [2.45, 2.75) is 11.1 Å². The molecule has 0 bridgehead atoms. The minimum absolute atomic E-state index is 0.0965. The van der Waals surface area contributed by atoms with Crippen molar-refractivity contribution >= 4 is 25.8 Å². The molecule has 2 aromatic carbocycles. The number of benzene rings is 2. The highest BCUT2D eigenvalue weighted by Gasteiger charge is 2.37. The first-order valence-electron chi connectivity index (χ1n) is 7.27. The van der Waals surface area contributed by atoms with E-state index in [1.807, 2.05) is 0 Å². The molecule has 0 fully saturated rings. The Morgan fingerprint density at radius 1 is 1.07 bits per heavy atom. The molecular weight excluding hydrogens is 454 g/mol. The maximum Gasteiger partial charge on any atom is 0.453 e. The van der Waals surface area contributed by atoms with Crippen molar-refractivity contribution in [2.75, 3.05) is 6.26 Å². The molecule has 0 aliphatic rings. The summed E-state index contributed by atoms with van der Waals surface area (Å²) in [7, 11) is -3.82. The molecule has 27 heavy (non-hydrogen) atoms. The molecule has 0 N–H and O–H groups in total. The second-order valence-corrected chi connectivity index (χ2v) is 8.46. The molecule has 0 aliphatic carbocycles. The van der Waals surface area contributed by atoms with Crippen LogP contribution in [-0.4, -0.2) is 29.4 Å². The fraction of sp³-hybridized carbons (Fsp3) is 0.125. The number of rotatable bonds is 3. The number of aromatic nitrogens is 3. The highest BCUT2D eigenvalue weighted by Crippen LogP contribution is 2.31. The standard InChI is InChI=1S/C16H10BrF4N3O2S/c1-27(25,26)13-7-6-11(8-12(13)18)24-14(9-2-4-10(17)5-3-9)22-15(23-24)16(19,20)21/h2-8H,1H3. The molecule has 0 aliphatic heterocycles. The summed E-state index contributed by atoms with van der Waals surface area (Å²) >= 11 is 3.23. The highest BCUT2D eigenvalue weighted by atomic mass is 79.9. The first kappa shape index (κ1) is 19.5. The zero-order valence-electron chi connectivity index (χ0n) is 13.5. The molecule has 0 radical (unpaired) electrons. The summed E-state index contributed by atoms with van der Waals surface area (Å²) in [6.45, 7) is 0. The van der Waals surface area contributed by atoms with Gasteiger partial charge < -0.3 is 0 Å². The lowest BCUT2D eigenvalue weighted by Crippen LogP contribution is -2.09. The summed E-state index contributed by atoms with van der Waals surface area (Å²) in [5.41, 5.74) is 0.217. The van der Waals surface area contributed by atoms with Gasteiger partial charge in [-0.1, -0.05) is 28.1 Å². The fourth-order valence-corrected chi connectivity index (χ4v) is 3.31. The number of hydrogen-bond acceptors (Lipinski definition) is 4. The van der Waals surface area contributed by atoms with Gasteiger partial charge in [-0.2, -0.15) is 13.2 Å². The quantitative estimate of drug-likeness (QED) is 0.544. The summed E-state index contributed by atoms with van der Waals surface area (Å²) in [6, 6.07) is 9.19. The van der Waals surface area contributed by atoms with Gasteiger partial charge >= 0.3 is 6.18 Å². The van der Waals surface area contributed by atoms with Crippen LogP contribution in [0.25, 0.3) is 17.1 Å². The molecule has 142 valence electrons. The van der Waals surface area contributed by atoms with E-state index in [4.69, 9.17) is 0 Å². The number of nitrogens with zero attached hydrogens (tertiary/aromatic N) is 3. The summed E-state index contributed by atoms with van der Waals surface area (Å²) < 4.78 is 78.0. The molecule has 3 rings (SSSR count). The molecule has 0 saturated carbocycles. The molecule has 0 saturated heterocycles. The van der Waals surface area contributed by atoms with E-state index in [2.05, 4.69) is 26.0 Å². The minimum Gasteiger partial charge on any atom is -0.224 e. The SMILES string of the molecule is CS(=O)(=O)c1ccc(-n2nc(C(F)(F)F)nc2-c2ccc(Br)cc2)cc1F. The Kier molecular flexibility index (Phi) is 4.85. The van der Waals surface area contributed by atoms with Crippen molar-refractivity contribution in [1.82, 2.24) is 14.8 Å². The Labute approximate surface area is 159 Å². The molecule has 0 unspecified atom stereocenters. The number of hydrogen-bond donors (Lipinski definition) is 0. The van der Waals surface area contributed by atoms with Gasteiger partial charge in [0.15, 0.2) is 15.7 Å². The van der Waals surface area contributed by atoms with Crippen LogP contribution in [0.15, 0.2) is 51.8 Å². The van der Waals surface area contributed by atoms with Crippen molar-refractivity contribution in [3.63, 3.8) is 0 Å². The van der Waals surface area contributed by atoms with Crippen molar-refractivity contribution in [1.29, 1.82) is 0 Å². The van der Waals surface area contributed by atoms with Gasteiger partial charge in [-0.25, -0.2) is 22.5 Å². The van der Waals surface area contributed by atoms with E-state index >= 15 is 0 Å². The van der Waals surface area contributed by atoms with E-state index < -0.39 is 32.6 Å². The van der Waals surface area contributed by atoms with Crippen LogP contribution < -0.4 is 0 Å². The van der Waals surface area contributed by atoms with E-state index in [0.29, 0.717) is 10.0 Å². The largest absolute Gasteiger partial charge is 0.453 e. The summed E-state index contributed by atoms with van der Waals surface area (Å²) in [5.74, 6) is -2.66. The summed E-state index contributed by atoms with van der Waals surface area (Å²) in [6.07, 6.45) is -3.98. The predicted molar refractivity (Wildman–Crippen MR) is 92.6 cm³/mol. The zero-order valence-corrected chi connectivity index (χ0v) is 15.9. The Hall–Kier alpha value is -2.27. The van der Waals surface area contributed by atoms with Gasteiger partial charge in [0.25, 0.3) is 5.82 Å². The highest BCUT2D eigenvalue weighted by molar-refractivity contribution is 9.10. The van der Waals surface area contributed by atoms with Gasteiger partial charge in [0, 0.05) is 22.4 Å². The number of sulfone groups is 1. The number of halogens is 5. The Balaban J connectivity index is 2.21. The molecule has 0 amide bonds. The van der Waals surface area contributed by atoms with Crippen LogP contribution in [0.5, 0.6) is 0 Å². The van der Waals surface area contributed by atoms with Crippen molar-refractivity contribution in [3.8, 4) is 17.1 Å². The average molecular weight is 464 g/mol. The third kappa shape index (κ3) is 4.03. The Morgan fingerprint density at radius 2 is 1.70 bits per heavy atom. The second kappa shape index (κ2) is 6.71. The summed E-state index contributed by atoms with van der Waals surface area (Å²) in [5, 5.41) is 3.44. The number of alkyl halides is 3. The van der Waals surface area contributed by atoms with E-state index in [-0.39, 0.29) is 11.5 Å². The molecule has 0 atom stereocenters. The topological polar surface area (TPSA) is 64.8 Å². The zero-order chi connectivity index (χ0) is 20.0. The van der Waals surface area contributed by atoms with Crippen LogP contribution >= 0.6 is 15.9 Å². The Bertz CT molecular complexity index is 1110. The fourth-order valence-electron chi connectivity index (χ4n) is 2.32. The molecule has 3 aromatic rings. The average Bonchev–Trinajstić information content (AvgIpc) is 2.99. The van der Waals surface area contributed by atoms with Crippen LogP contribution in [0.3, 0.4) is 0 Å². The van der Waals surface area contributed by atoms with Crippen molar-refractivity contribution in [2.24, 2.45) is 0 Å².